The summed E-state index contributed by atoms with van der Waals surface area (Å²) in [5, 5.41) is 2.79. The average Bonchev–Trinajstić information content (AvgIpc) is 2.83. The second-order valence-corrected chi connectivity index (χ2v) is 4.01. The molecule has 0 bridgehead atoms. The molecule has 0 saturated heterocycles. The first kappa shape index (κ1) is 10.8. The van der Waals surface area contributed by atoms with Gasteiger partial charge in [-0.25, -0.2) is 9.78 Å². The maximum atomic E-state index is 11.7. The Hall–Kier alpha value is -1.75. The summed E-state index contributed by atoms with van der Waals surface area (Å²) in [5.74, 6) is 0. The quantitative estimate of drug-likeness (QED) is 0.811. The number of aromatic nitrogens is 2. The van der Waals surface area contributed by atoms with Crippen LogP contribution in [-0.2, 0) is 0 Å². The number of hydrogen-bond acceptors (Lipinski definition) is 3. The predicted molar refractivity (Wildman–Crippen MR) is 64.9 cm³/mol. The molecule has 0 unspecified atom stereocenters. The van der Waals surface area contributed by atoms with Crippen LogP contribution < -0.4 is 5.32 Å². The number of imidazole rings is 1. The normalized spacial score (nSPS) is 10.1. The van der Waals surface area contributed by atoms with Gasteiger partial charge in [-0.05, 0) is 24.5 Å². The van der Waals surface area contributed by atoms with Crippen molar-refractivity contribution in [3.8, 4) is 0 Å². The number of nitrogens with zero attached hydrogens (tertiary/aromatic N) is 2. The summed E-state index contributed by atoms with van der Waals surface area (Å²) in [6.45, 7) is 0. The van der Waals surface area contributed by atoms with Crippen LogP contribution in [-0.4, -0.2) is 21.8 Å². The van der Waals surface area contributed by atoms with Crippen molar-refractivity contribution in [2.24, 2.45) is 0 Å². The maximum absolute atomic E-state index is 11.7. The summed E-state index contributed by atoms with van der Waals surface area (Å²) in [5.41, 5.74) is 0.783. The number of nitrogens with one attached hydrogen (secondary N) is 1. The molecule has 1 amide bonds. The molecule has 5 heteroatoms. The lowest BCUT2D eigenvalue weighted by Crippen LogP contribution is -2.17. The average molecular weight is 233 g/mol. The first-order valence-electron chi connectivity index (χ1n) is 4.73. The summed E-state index contributed by atoms with van der Waals surface area (Å²) in [4.78, 5) is 16.6. The molecular weight excluding hydrogens is 222 g/mol. The van der Waals surface area contributed by atoms with Gasteiger partial charge in [-0.3, -0.25) is 4.57 Å². The molecule has 0 radical (unpaired) electrons. The van der Waals surface area contributed by atoms with Gasteiger partial charge in [0, 0.05) is 23.0 Å². The Labute approximate surface area is 97.7 Å². The van der Waals surface area contributed by atoms with Crippen molar-refractivity contribution < 1.29 is 4.79 Å². The molecule has 1 N–H and O–H groups in total. The van der Waals surface area contributed by atoms with E-state index in [1.807, 2.05) is 30.5 Å². The van der Waals surface area contributed by atoms with Gasteiger partial charge in [0.15, 0.2) is 0 Å². The molecule has 0 fully saturated rings. The third kappa shape index (κ3) is 2.43. The number of amides is 1. The van der Waals surface area contributed by atoms with E-state index in [0.29, 0.717) is 0 Å². The van der Waals surface area contributed by atoms with Gasteiger partial charge < -0.3 is 5.32 Å². The van der Waals surface area contributed by atoms with E-state index in [2.05, 4.69) is 10.3 Å². The van der Waals surface area contributed by atoms with E-state index < -0.39 is 0 Å². The van der Waals surface area contributed by atoms with Gasteiger partial charge in [-0.2, -0.15) is 0 Å². The van der Waals surface area contributed by atoms with E-state index in [1.54, 1.807) is 24.2 Å². The molecule has 1 heterocycles. The van der Waals surface area contributed by atoms with Crippen LogP contribution in [0.5, 0.6) is 0 Å². The van der Waals surface area contributed by atoms with Crippen molar-refractivity contribution in [2.45, 2.75) is 4.90 Å². The zero-order valence-corrected chi connectivity index (χ0v) is 9.57. The largest absolute Gasteiger partial charge is 0.331 e. The summed E-state index contributed by atoms with van der Waals surface area (Å²) >= 11 is 1.64. The predicted octanol–water partition coefficient (Wildman–Crippen LogP) is 2.69. The molecule has 0 aliphatic carbocycles. The highest BCUT2D eigenvalue weighted by Gasteiger charge is 2.03. The van der Waals surface area contributed by atoms with Crippen molar-refractivity contribution in [1.82, 2.24) is 9.55 Å². The number of rotatable bonds is 2. The minimum absolute atomic E-state index is 0.212. The Morgan fingerprint density at radius 1 is 1.50 bits per heavy atom. The minimum Gasteiger partial charge on any atom is -0.307 e. The van der Waals surface area contributed by atoms with Gasteiger partial charge in [0.2, 0.25) is 0 Å². The van der Waals surface area contributed by atoms with Gasteiger partial charge in [0.05, 0.1) is 0 Å². The highest BCUT2D eigenvalue weighted by Crippen LogP contribution is 2.18. The van der Waals surface area contributed by atoms with Crippen LogP contribution in [0.3, 0.4) is 0 Å². The van der Waals surface area contributed by atoms with Crippen molar-refractivity contribution in [3.05, 3.63) is 43.0 Å². The van der Waals surface area contributed by atoms with E-state index in [0.717, 1.165) is 10.6 Å². The lowest BCUT2D eigenvalue weighted by molar-refractivity contribution is 0.253. The molecule has 2 aromatic rings. The number of hydrogen-bond donors (Lipinski definition) is 1. The minimum atomic E-state index is -0.212. The molecular formula is C11H11N3OS. The number of carbonyl (C=O) groups excluding carboxylic acids is 1. The van der Waals surface area contributed by atoms with E-state index in [-0.39, 0.29) is 6.03 Å². The second kappa shape index (κ2) is 4.85. The fraction of sp³-hybridized carbons (Fsp3) is 0.0909. The van der Waals surface area contributed by atoms with Crippen LogP contribution in [0.4, 0.5) is 10.5 Å². The molecule has 0 atom stereocenters. The van der Waals surface area contributed by atoms with Crippen LogP contribution in [0, 0.1) is 0 Å². The van der Waals surface area contributed by atoms with Gasteiger partial charge in [-0.15, -0.1) is 11.8 Å². The molecule has 1 aromatic carbocycles. The lowest BCUT2D eigenvalue weighted by atomic mass is 10.3. The highest BCUT2D eigenvalue weighted by atomic mass is 32.2. The third-order valence-electron chi connectivity index (χ3n) is 2.06. The molecule has 16 heavy (non-hydrogen) atoms. The van der Waals surface area contributed by atoms with E-state index in [4.69, 9.17) is 0 Å². The topological polar surface area (TPSA) is 46.9 Å². The highest BCUT2D eigenvalue weighted by molar-refractivity contribution is 7.98. The SMILES string of the molecule is CSc1cccc(NC(=O)n2ccnc2)c1. The standard InChI is InChI=1S/C11H11N3OS/c1-16-10-4-2-3-9(7-10)13-11(15)14-6-5-12-8-14/h2-8H,1H3,(H,13,15). The summed E-state index contributed by atoms with van der Waals surface area (Å²) in [6, 6.07) is 7.48. The van der Waals surface area contributed by atoms with E-state index in [1.165, 1.54) is 10.9 Å². The lowest BCUT2D eigenvalue weighted by Gasteiger charge is -2.06. The van der Waals surface area contributed by atoms with Crippen LogP contribution in [0.15, 0.2) is 47.9 Å². The monoisotopic (exact) mass is 233 g/mol. The Kier molecular flexibility index (Phi) is 3.26. The Morgan fingerprint density at radius 3 is 3.06 bits per heavy atom. The van der Waals surface area contributed by atoms with E-state index in [9.17, 15) is 4.79 Å². The van der Waals surface area contributed by atoms with Crippen LogP contribution in [0.2, 0.25) is 0 Å². The first-order valence-corrected chi connectivity index (χ1v) is 5.95. The fourth-order valence-corrected chi connectivity index (χ4v) is 1.73. The van der Waals surface area contributed by atoms with Gasteiger partial charge in [-0.1, -0.05) is 6.07 Å². The zero-order valence-electron chi connectivity index (χ0n) is 8.75. The van der Waals surface area contributed by atoms with Crippen molar-refractivity contribution >= 4 is 23.5 Å². The van der Waals surface area contributed by atoms with Crippen LogP contribution in [0.25, 0.3) is 0 Å². The van der Waals surface area contributed by atoms with Gasteiger partial charge in [0.1, 0.15) is 6.33 Å². The summed E-state index contributed by atoms with van der Waals surface area (Å²) < 4.78 is 1.39. The number of anilines is 1. The summed E-state index contributed by atoms with van der Waals surface area (Å²) in [6.07, 6.45) is 6.64. The van der Waals surface area contributed by atoms with Gasteiger partial charge in [0.25, 0.3) is 0 Å². The van der Waals surface area contributed by atoms with Crippen molar-refractivity contribution in [1.29, 1.82) is 0 Å². The summed E-state index contributed by atoms with van der Waals surface area (Å²) in [7, 11) is 0. The fourth-order valence-electron chi connectivity index (χ4n) is 1.27. The van der Waals surface area contributed by atoms with E-state index >= 15 is 0 Å². The molecule has 0 saturated carbocycles. The van der Waals surface area contributed by atoms with Crippen LogP contribution >= 0.6 is 11.8 Å². The number of thioether (sulfide) groups is 1. The smallest absolute Gasteiger partial charge is 0.307 e. The molecule has 0 aliphatic heterocycles. The molecule has 1 aromatic heterocycles. The molecule has 0 spiro atoms. The number of benzene rings is 1. The van der Waals surface area contributed by atoms with Crippen LogP contribution in [0.1, 0.15) is 0 Å². The second-order valence-electron chi connectivity index (χ2n) is 3.13. The third-order valence-corrected chi connectivity index (χ3v) is 2.79. The first-order chi connectivity index (χ1) is 7.79. The Bertz CT molecular complexity index is 482. The van der Waals surface area contributed by atoms with Gasteiger partial charge >= 0.3 is 6.03 Å². The number of carbonyl (C=O) groups is 1. The molecule has 4 nitrogen and oxygen atoms in total. The molecule has 82 valence electrons. The maximum Gasteiger partial charge on any atom is 0.331 e. The zero-order chi connectivity index (χ0) is 11.4. The van der Waals surface area contributed by atoms with Crippen molar-refractivity contribution in [3.63, 3.8) is 0 Å². The Balaban J connectivity index is 2.12. The molecule has 0 aliphatic rings. The molecule has 2 rings (SSSR count). The Morgan fingerprint density at radius 2 is 2.38 bits per heavy atom. The van der Waals surface area contributed by atoms with Crippen molar-refractivity contribution in [2.75, 3.05) is 11.6 Å².